The fraction of sp³-hybridized carbons (Fsp3) is 0.947. The van der Waals surface area contributed by atoms with E-state index in [2.05, 4.69) is 13.8 Å². The number of carbonyl (C=O) groups excluding carboxylic acids is 1. The Morgan fingerprint density at radius 1 is 1.05 bits per heavy atom. The van der Waals surface area contributed by atoms with Crippen LogP contribution in [0, 0.1) is 5.92 Å². The Morgan fingerprint density at radius 3 is 2.14 bits per heavy atom. The Labute approximate surface area is 138 Å². The zero-order chi connectivity index (χ0) is 16.6. The van der Waals surface area contributed by atoms with E-state index in [9.17, 15) is 0 Å². The van der Waals surface area contributed by atoms with Crippen molar-refractivity contribution in [3.05, 3.63) is 0 Å². The van der Waals surface area contributed by atoms with Crippen molar-refractivity contribution in [1.29, 1.82) is 0 Å². The fourth-order valence-electron chi connectivity index (χ4n) is 3.34. The van der Waals surface area contributed by atoms with E-state index in [1.807, 2.05) is 4.90 Å². The van der Waals surface area contributed by atoms with Gasteiger partial charge in [-0.2, -0.15) is 0 Å². The molecule has 0 radical (unpaired) electrons. The minimum absolute atomic E-state index is 0.972. The van der Waals surface area contributed by atoms with Gasteiger partial charge in [0.1, 0.15) is 0 Å². The van der Waals surface area contributed by atoms with Crippen LogP contribution in [0.15, 0.2) is 0 Å². The van der Waals surface area contributed by atoms with E-state index in [0.717, 1.165) is 12.8 Å². The largest absolute Gasteiger partial charge is 0.550 e. The SMILES string of the molecule is CC(=O)[O-].CCCCCCCCCC[NH+]1CCCC(CC)C1. The van der Waals surface area contributed by atoms with Crippen molar-refractivity contribution in [2.75, 3.05) is 19.6 Å². The molecule has 0 bridgehead atoms. The number of hydrogen-bond donors (Lipinski definition) is 1. The third kappa shape index (κ3) is 14.4. The summed E-state index contributed by atoms with van der Waals surface area (Å²) in [7, 11) is 0. The van der Waals surface area contributed by atoms with Crippen LogP contribution < -0.4 is 10.0 Å². The van der Waals surface area contributed by atoms with Gasteiger partial charge in [-0.05, 0) is 39.0 Å². The molecule has 1 heterocycles. The molecule has 0 aliphatic carbocycles. The number of aliphatic carboxylic acids is 1. The molecule has 1 fully saturated rings. The maximum Gasteiger partial charge on any atom is 0.0799 e. The van der Waals surface area contributed by atoms with E-state index in [1.54, 1.807) is 0 Å². The summed E-state index contributed by atoms with van der Waals surface area (Å²) in [5.41, 5.74) is 0. The molecule has 0 amide bonds. The number of carboxylic acids is 1. The van der Waals surface area contributed by atoms with Gasteiger partial charge in [0.2, 0.25) is 0 Å². The first kappa shape index (κ1) is 21.4. The number of carboxylic acid groups (broad SMARTS) is 1. The third-order valence-corrected chi connectivity index (χ3v) is 4.68. The van der Waals surface area contributed by atoms with Crippen molar-refractivity contribution in [2.24, 2.45) is 5.92 Å². The van der Waals surface area contributed by atoms with Crippen LogP contribution >= 0.6 is 0 Å². The number of piperidine rings is 1. The van der Waals surface area contributed by atoms with E-state index in [4.69, 9.17) is 9.90 Å². The Bertz CT molecular complexity index is 252. The first-order chi connectivity index (χ1) is 10.6. The fourth-order valence-corrected chi connectivity index (χ4v) is 3.34. The summed E-state index contributed by atoms with van der Waals surface area (Å²) in [6, 6.07) is 0. The predicted molar refractivity (Wildman–Crippen MR) is 91.9 cm³/mol. The average Bonchev–Trinajstić information content (AvgIpc) is 2.49. The maximum atomic E-state index is 8.89. The molecular weight excluding hydrogens is 274 g/mol. The monoisotopic (exact) mass is 313 g/mol. The van der Waals surface area contributed by atoms with Crippen LogP contribution in [0.5, 0.6) is 0 Å². The van der Waals surface area contributed by atoms with Gasteiger partial charge in [0.05, 0.1) is 19.6 Å². The molecule has 1 saturated heterocycles. The van der Waals surface area contributed by atoms with Crippen molar-refractivity contribution in [3.63, 3.8) is 0 Å². The second kappa shape index (κ2) is 15.3. The molecule has 2 atom stereocenters. The van der Waals surface area contributed by atoms with Crippen LogP contribution in [-0.2, 0) is 4.79 Å². The highest BCUT2D eigenvalue weighted by atomic mass is 16.4. The molecule has 1 aliphatic rings. The van der Waals surface area contributed by atoms with Crippen LogP contribution in [0.1, 0.15) is 91.4 Å². The summed E-state index contributed by atoms with van der Waals surface area (Å²) in [5.74, 6) is -0.0530. The highest BCUT2D eigenvalue weighted by molar-refractivity contribution is 5.60. The highest BCUT2D eigenvalue weighted by Crippen LogP contribution is 2.11. The number of nitrogens with one attached hydrogen (secondary N) is 1. The van der Waals surface area contributed by atoms with E-state index in [-0.39, 0.29) is 0 Å². The summed E-state index contributed by atoms with van der Waals surface area (Å²) >= 11 is 0. The second-order valence-electron chi connectivity index (χ2n) is 6.84. The number of unbranched alkanes of at least 4 members (excludes halogenated alkanes) is 7. The zero-order valence-corrected chi connectivity index (χ0v) is 15.3. The smallest absolute Gasteiger partial charge is 0.0799 e. The molecule has 22 heavy (non-hydrogen) atoms. The number of quaternary nitrogens is 1. The molecule has 3 heteroatoms. The van der Waals surface area contributed by atoms with Crippen LogP contribution in [0.4, 0.5) is 0 Å². The normalized spacial score (nSPS) is 21.0. The van der Waals surface area contributed by atoms with Gasteiger partial charge < -0.3 is 14.8 Å². The molecule has 0 aromatic carbocycles. The van der Waals surface area contributed by atoms with Crippen molar-refractivity contribution < 1.29 is 14.8 Å². The first-order valence-electron chi connectivity index (χ1n) is 9.61. The summed E-state index contributed by atoms with van der Waals surface area (Å²) < 4.78 is 0. The summed E-state index contributed by atoms with van der Waals surface area (Å²) in [6.45, 7) is 10.0. The lowest BCUT2D eigenvalue weighted by molar-refractivity contribution is -0.909. The first-order valence-corrected chi connectivity index (χ1v) is 9.61. The lowest BCUT2D eigenvalue weighted by atomic mass is 9.95. The molecular formula is C19H39NO2. The molecule has 3 nitrogen and oxygen atoms in total. The van der Waals surface area contributed by atoms with E-state index >= 15 is 0 Å². The van der Waals surface area contributed by atoms with Crippen molar-refractivity contribution in [1.82, 2.24) is 0 Å². The molecule has 0 aromatic heterocycles. The molecule has 1 aliphatic heterocycles. The highest BCUT2D eigenvalue weighted by Gasteiger charge is 2.20. The summed E-state index contributed by atoms with van der Waals surface area (Å²) in [5, 5.41) is 8.89. The molecule has 132 valence electrons. The van der Waals surface area contributed by atoms with Crippen LogP contribution in [0.3, 0.4) is 0 Å². The van der Waals surface area contributed by atoms with Gasteiger partial charge in [0, 0.05) is 11.9 Å². The van der Waals surface area contributed by atoms with Crippen molar-refractivity contribution >= 4 is 5.97 Å². The molecule has 0 saturated carbocycles. The van der Waals surface area contributed by atoms with Gasteiger partial charge >= 0.3 is 0 Å². The van der Waals surface area contributed by atoms with Gasteiger partial charge in [-0.1, -0.05) is 52.4 Å². The lowest BCUT2D eigenvalue weighted by Crippen LogP contribution is -3.13. The van der Waals surface area contributed by atoms with E-state index in [1.165, 1.54) is 90.3 Å². The topological polar surface area (TPSA) is 44.6 Å². The number of likely N-dealkylation sites (tertiary alicyclic amines) is 1. The zero-order valence-electron chi connectivity index (χ0n) is 15.3. The Morgan fingerprint density at radius 2 is 1.59 bits per heavy atom. The minimum Gasteiger partial charge on any atom is -0.550 e. The van der Waals surface area contributed by atoms with Crippen LogP contribution in [0.25, 0.3) is 0 Å². The Balaban J connectivity index is 0.000000980. The van der Waals surface area contributed by atoms with Gasteiger partial charge in [0.25, 0.3) is 0 Å². The second-order valence-corrected chi connectivity index (χ2v) is 6.84. The van der Waals surface area contributed by atoms with Crippen LogP contribution in [0.2, 0.25) is 0 Å². The van der Waals surface area contributed by atoms with E-state index < -0.39 is 5.97 Å². The minimum atomic E-state index is -1.08. The standard InChI is InChI=1S/C17H35N.C2H4O2/c1-3-5-6-7-8-9-10-11-14-18-15-12-13-17(4-2)16-18;1-2(3)4/h17H,3-16H2,1-2H3;1H3,(H,3,4). The third-order valence-electron chi connectivity index (χ3n) is 4.68. The summed E-state index contributed by atoms with van der Waals surface area (Å²) in [4.78, 5) is 10.8. The predicted octanol–water partition coefficient (Wildman–Crippen LogP) is 2.59. The Hall–Kier alpha value is -0.570. The number of rotatable bonds is 10. The lowest BCUT2D eigenvalue weighted by Gasteiger charge is -2.29. The van der Waals surface area contributed by atoms with Crippen molar-refractivity contribution in [2.45, 2.75) is 91.4 Å². The molecule has 0 aromatic rings. The van der Waals surface area contributed by atoms with Gasteiger partial charge in [0.15, 0.2) is 0 Å². The van der Waals surface area contributed by atoms with Crippen LogP contribution in [-0.4, -0.2) is 25.6 Å². The quantitative estimate of drug-likeness (QED) is 0.630. The summed E-state index contributed by atoms with van der Waals surface area (Å²) in [6.07, 6.45) is 16.0. The van der Waals surface area contributed by atoms with Gasteiger partial charge in [-0.3, -0.25) is 0 Å². The molecule has 1 rings (SSSR count). The van der Waals surface area contributed by atoms with E-state index in [0.29, 0.717) is 0 Å². The molecule has 1 N–H and O–H groups in total. The maximum absolute atomic E-state index is 8.89. The van der Waals surface area contributed by atoms with Gasteiger partial charge in [-0.15, -0.1) is 0 Å². The molecule has 2 unspecified atom stereocenters. The molecule has 0 spiro atoms. The van der Waals surface area contributed by atoms with Gasteiger partial charge in [-0.25, -0.2) is 0 Å². The van der Waals surface area contributed by atoms with Crippen molar-refractivity contribution in [3.8, 4) is 0 Å². The average molecular weight is 314 g/mol. The Kier molecular flexibility index (Phi) is 14.9. The number of carbonyl (C=O) groups is 1. The number of hydrogen-bond acceptors (Lipinski definition) is 2.